The maximum Gasteiger partial charge on any atom is 0.409 e. The standard InChI is InChI=1S/C19H21ClN2O4/c1-3-26-19(25)21-10-8-14(9-11-21)22-17(23)15(16(20)18(22)24)13-6-4-12(2)5-7-13/h4-7,14H,3,8-11H2,1-2H3. The van der Waals surface area contributed by atoms with Crippen molar-refractivity contribution >= 4 is 35.1 Å². The van der Waals surface area contributed by atoms with E-state index in [1.807, 2.05) is 19.1 Å². The van der Waals surface area contributed by atoms with E-state index >= 15 is 0 Å². The van der Waals surface area contributed by atoms with E-state index in [9.17, 15) is 14.4 Å². The van der Waals surface area contributed by atoms with Crippen LogP contribution in [0, 0.1) is 6.92 Å². The first-order chi connectivity index (χ1) is 12.4. The fourth-order valence-electron chi connectivity index (χ4n) is 3.34. The molecule has 138 valence electrons. The first kappa shape index (κ1) is 18.5. The van der Waals surface area contributed by atoms with Gasteiger partial charge in [-0.1, -0.05) is 41.4 Å². The topological polar surface area (TPSA) is 66.9 Å². The Labute approximate surface area is 157 Å². The van der Waals surface area contributed by atoms with Crippen LogP contribution < -0.4 is 0 Å². The molecule has 1 fully saturated rings. The van der Waals surface area contributed by atoms with Crippen molar-refractivity contribution in [2.75, 3.05) is 19.7 Å². The number of ether oxygens (including phenoxy) is 1. The molecule has 0 aliphatic carbocycles. The summed E-state index contributed by atoms with van der Waals surface area (Å²) >= 11 is 6.22. The van der Waals surface area contributed by atoms with Gasteiger partial charge in [0.25, 0.3) is 11.8 Å². The average Bonchev–Trinajstić information content (AvgIpc) is 2.85. The van der Waals surface area contributed by atoms with Crippen molar-refractivity contribution < 1.29 is 19.1 Å². The molecule has 1 saturated heterocycles. The molecule has 7 heteroatoms. The number of imide groups is 1. The van der Waals surface area contributed by atoms with Crippen molar-refractivity contribution in [3.8, 4) is 0 Å². The predicted octanol–water partition coefficient (Wildman–Crippen LogP) is 2.93. The number of nitrogens with zero attached hydrogens (tertiary/aromatic N) is 2. The zero-order valence-electron chi connectivity index (χ0n) is 14.8. The van der Waals surface area contributed by atoms with Gasteiger partial charge in [0, 0.05) is 19.1 Å². The number of carbonyl (C=O) groups excluding carboxylic acids is 3. The lowest BCUT2D eigenvalue weighted by atomic mass is 10.0. The molecule has 1 aromatic rings. The number of rotatable bonds is 3. The highest BCUT2D eigenvalue weighted by molar-refractivity contribution is 6.55. The van der Waals surface area contributed by atoms with Crippen molar-refractivity contribution in [1.29, 1.82) is 0 Å². The molecule has 0 unspecified atom stereocenters. The number of aryl methyl sites for hydroxylation is 1. The number of benzene rings is 1. The minimum atomic E-state index is -0.457. The third kappa shape index (κ3) is 3.33. The SMILES string of the molecule is CCOC(=O)N1CCC(N2C(=O)C(Cl)=C(c3ccc(C)cc3)C2=O)CC1. The molecule has 0 atom stereocenters. The number of hydrogen-bond acceptors (Lipinski definition) is 4. The van der Waals surface area contributed by atoms with Crippen LogP contribution in [0.4, 0.5) is 4.79 Å². The molecule has 0 N–H and O–H groups in total. The van der Waals surface area contributed by atoms with Gasteiger partial charge in [0.1, 0.15) is 5.03 Å². The van der Waals surface area contributed by atoms with E-state index in [4.69, 9.17) is 16.3 Å². The quantitative estimate of drug-likeness (QED) is 0.761. The van der Waals surface area contributed by atoms with Gasteiger partial charge < -0.3 is 9.64 Å². The molecule has 1 aromatic carbocycles. The Morgan fingerprint density at radius 3 is 2.35 bits per heavy atom. The summed E-state index contributed by atoms with van der Waals surface area (Å²) in [6.45, 7) is 4.91. The summed E-state index contributed by atoms with van der Waals surface area (Å²) in [5.41, 5.74) is 1.96. The summed E-state index contributed by atoms with van der Waals surface area (Å²) < 4.78 is 5.00. The Hall–Kier alpha value is -2.34. The van der Waals surface area contributed by atoms with E-state index in [0.717, 1.165) is 5.56 Å². The van der Waals surface area contributed by atoms with Gasteiger partial charge in [-0.3, -0.25) is 14.5 Å². The maximum atomic E-state index is 12.9. The summed E-state index contributed by atoms with van der Waals surface area (Å²) in [4.78, 5) is 40.1. The monoisotopic (exact) mass is 376 g/mol. The zero-order valence-corrected chi connectivity index (χ0v) is 15.6. The van der Waals surface area contributed by atoms with Crippen molar-refractivity contribution in [2.24, 2.45) is 0 Å². The summed E-state index contributed by atoms with van der Waals surface area (Å²) in [6.07, 6.45) is 0.671. The van der Waals surface area contributed by atoms with Crippen molar-refractivity contribution in [3.05, 3.63) is 40.4 Å². The zero-order chi connectivity index (χ0) is 18.8. The second-order valence-electron chi connectivity index (χ2n) is 6.45. The van der Waals surface area contributed by atoms with Crippen molar-refractivity contribution in [3.63, 3.8) is 0 Å². The van der Waals surface area contributed by atoms with Gasteiger partial charge in [-0.15, -0.1) is 0 Å². The van der Waals surface area contributed by atoms with Gasteiger partial charge in [0.15, 0.2) is 0 Å². The van der Waals surface area contributed by atoms with E-state index in [-0.39, 0.29) is 28.6 Å². The number of likely N-dealkylation sites (tertiary alicyclic amines) is 1. The van der Waals surface area contributed by atoms with E-state index in [1.165, 1.54) is 4.90 Å². The second-order valence-corrected chi connectivity index (χ2v) is 6.83. The molecule has 0 bridgehead atoms. The van der Waals surface area contributed by atoms with Crippen LogP contribution in [0.5, 0.6) is 0 Å². The molecule has 0 aromatic heterocycles. The number of piperidine rings is 1. The number of amides is 3. The minimum Gasteiger partial charge on any atom is -0.450 e. The highest BCUT2D eigenvalue weighted by Gasteiger charge is 2.43. The van der Waals surface area contributed by atoms with Gasteiger partial charge in [0.05, 0.1) is 12.2 Å². The van der Waals surface area contributed by atoms with Gasteiger partial charge in [-0.2, -0.15) is 0 Å². The second kappa shape index (κ2) is 7.50. The summed E-state index contributed by atoms with van der Waals surface area (Å²) in [7, 11) is 0. The molecule has 0 saturated carbocycles. The first-order valence-electron chi connectivity index (χ1n) is 8.70. The van der Waals surface area contributed by atoms with Crippen LogP contribution in [0.3, 0.4) is 0 Å². The Kier molecular flexibility index (Phi) is 5.32. The molecular weight excluding hydrogens is 356 g/mol. The van der Waals surface area contributed by atoms with Crippen LogP contribution in [0.15, 0.2) is 29.3 Å². The van der Waals surface area contributed by atoms with Crippen LogP contribution in [-0.2, 0) is 14.3 Å². The lowest BCUT2D eigenvalue weighted by Gasteiger charge is -2.35. The molecule has 2 aliphatic heterocycles. The molecule has 0 radical (unpaired) electrons. The summed E-state index contributed by atoms with van der Waals surface area (Å²) in [5.74, 6) is -0.819. The Morgan fingerprint density at radius 2 is 1.77 bits per heavy atom. The molecule has 2 heterocycles. The molecule has 3 amide bonds. The smallest absolute Gasteiger partial charge is 0.409 e. The van der Waals surface area contributed by atoms with E-state index in [2.05, 4.69) is 0 Å². The van der Waals surface area contributed by atoms with Gasteiger partial charge >= 0.3 is 6.09 Å². The largest absolute Gasteiger partial charge is 0.450 e. The fraction of sp³-hybridized carbons (Fsp3) is 0.421. The van der Waals surface area contributed by atoms with E-state index in [0.29, 0.717) is 38.1 Å². The number of carbonyl (C=O) groups is 3. The molecule has 2 aliphatic rings. The highest BCUT2D eigenvalue weighted by Crippen LogP contribution is 2.35. The number of hydrogen-bond donors (Lipinski definition) is 0. The van der Waals surface area contributed by atoms with Crippen molar-refractivity contribution in [1.82, 2.24) is 9.80 Å². The molecular formula is C19H21ClN2O4. The van der Waals surface area contributed by atoms with Crippen LogP contribution in [0.25, 0.3) is 5.57 Å². The van der Waals surface area contributed by atoms with Gasteiger partial charge in [0.2, 0.25) is 0 Å². The van der Waals surface area contributed by atoms with Crippen LogP contribution in [-0.4, -0.2) is 53.4 Å². The Bertz CT molecular complexity index is 764. The normalized spacial score (nSPS) is 18.7. The van der Waals surface area contributed by atoms with Crippen LogP contribution in [0.2, 0.25) is 0 Å². The highest BCUT2D eigenvalue weighted by atomic mass is 35.5. The molecule has 6 nitrogen and oxygen atoms in total. The Morgan fingerprint density at radius 1 is 1.15 bits per heavy atom. The minimum absolute atomic E-state index is 0.0355. The summed E-state index contributed by atoms with van der Waals surface area (Å²) in [5, 5.41) is -0.0355. The third-order valence-corrected chi connectivity index (χ3v) is 5.11. The molecule has 26 heavy (non-hydrogen) atoms. The molecule has 3 rings (SSSR count). The Balaban J connectivity index is 1.73. The fourth-order valence-corrected chi connectivity index (χ4v) is 3.62. The molecule has 0 spiro atoms. The lowest BCUT2D eigenvalue weighted by Crippen LogP contribution is -2.49. The van der Waals surface area contributed by atoms with Gasteiger partial charge in [-0.05, 0) is 32.3 Å². The number of halogens is 1. The third-order valence-electron chi connectivity index (χ3n) is 4.75. The average molecular weight is 377 g/mol. The van der Waals surface area contributed by atoms with E-state index in [1.54, 1.807) is 24.0 Å². The summed E-state index contributed by atoms with van der Waals surface area (Å²) in [6, 6.07) is 7.09. The van der Waals surface area contributed by atoms with Crippen molar-refractivity contribution in [2.45, 2.75) is 32.7 Å². The predicted molar refractivity (Wildman–Crippen MR) is 97.4 cm³/mol. The first-order valence-corrected chi connectivity index (χ1v) is 9.08. The van der Waals surface area contributed by atoms with E-state index < -0.39 is 5.91 Å². The maximum absolute atomic E-state index is 12.9. The lowest BCUT2D eigenvalue weighted by molar-refractivity contribution is -0.140. The van der Waals surface area contributed by atoms with Gasteiger partial charge in [-0.25, -0.2) is 4.79 Å². The van der Waals surface area contributed by atoms with Crippen LogP contribution >= 0.6 is 11.6 Å². The van der Waals surface area contributed by atoms with Crippen LogP contribution in [0.1, 0.15) is 30.9 Å².